The van der Waals surface area contributed by atoms with E-state index in [0.29, 0.717) is 29.4 Å². The Morgan fingerprint density at radius 2 is 1.44 bits per heavy atom. The first-order valence-electron chi connectivity index (χ1n) is 19.9. The van der Waals surface area contributed by atoms with E-state index >= 15 is 0 Å². The fraction of sp³-hybridized carbons (Fsp3) is 0.250. The summed E-state index contributed by atoms with van der Waals surface area (Å²) < 4.78 is 39.6. The summed E-state index contributed by atoms with van der Waals surface area (Å²) in [5.74, 6) is 1.01. The molecule has 0 saturated carbocycles. The molecule has 0 N–H and O–H groups in total. The third kappa shape index (κ3) is 8.95. The van der Waals surface area contributed by atoms with Crippen LogP contribution in [0.3, 0.4) is 0 Å². The number of fused-ring (bicyclic) bond motifs is 1. The number of carbonyl (C=O) groups excluding carboxylic acids is 3. The molecular formula is C48H43ClN2O10S. The second-order valence-electron chi connectivity index (χ2n) is 14.8. The van der Waals surface area contributed by atoms with E-state index in [4.69, 9.17) is 44.5 Å². The van der Waals surface area contributed by atoms with Crippen molar-refractivity contribution in [2.24, 2.45) is 0 Å². The van der Waals surface area contributed by atoms with Crippen molar-refractivity contribution in [2.75, 3.05) is 20.8 Å². The molecule has 14 heteroatoms. The Kier molecular flexibility index (Phi) is 12.7. The standard InChI is InChI=1S/C48H43ClN2O10S/c1-48(45(51-40(52)27-41(51)62-48)47(54)60-43(32-10-6-4-7-11-32)33-12-8-5-9-13-33)39-26-36(61-50-39)24-25-57-46(53)37-22-23-38(58-28-30-14-18-34(55-2)19-15-30)44(42(37)49)59-29-31-16-20-35(56-3)21-17-31/h4-23,26,41,43,45H,24-25,27-29H2,1-3H3/t41-,45+,48+/m1/s1. The first-order valence-corrected chi connectivity index (χ1v) is 21.2. The van der Waals surface area contributed by atoms with Crippen molar-refractivity contribution in [3.63, 3.8) is 0 Å². The van der Waals surface area contributed by atoms with Crippen molar-refractivity contribution < 1.29 is 47.3 Å². The molecule has 2 saturated heterocycles. The maximum absolute atomic E-state index is 14.3. The van der Waals surface area contributed by atoms with E-state index in [2.05, 4.69) is 5.16 Å². The lowest BCUT2D eigenvalue weighted by molar-refractivity contribution is -0.164. The van der Waals surface area contributed by atoms with E-state index in [1.54, 1.807) is 31.3 Å². The maximum Gasteiger partial charge on any atom is 0.339 e. The van der Waals surface area contributed by atoms with Gasteiger partial charge in [-0.15, -0.1) is 11.8 Å². The van der Waals surface area contributed by atoms with Crippen molar-refractivity contribution >= 4 is 41.2 Å². The number of β-lactam (4-membered cyclic amide) rings is 1. The minimum absolute atomic E-state index is 0.0303. The lowest BCUT2D eigenvalue weighted by Crippen LogP contribution is -2.57. The summed E-state index contributed by atoms with van der Waals surface area (Å²) in [7, 11) is 3.20. The summed E-state index contributed by atoms with van der Waals surface area (Å²) in [6, 6.07) is 37.7. The van der Waals surface area contributed by atoms with Gasteiger partial charge >= 0.3 is 11.9 Å². The second kappa shape index (κ2) is 18.7. The molecule has 3 atom stereocenters. The molecule has 5 aromatic carbocycles. The number of hydrogen-bond donors (Lipinski definition) is 0. The molecule has 2 aliphatic heterocycles. The van der Waals surface area contributed by atoms with E-state index in [-0.39, 0.29) is 53.9 Å². The van der Waals surface area contributed by atoms with Gasteiger partial charge in [-0.05, 0) is 65.6 Å². The Hall–Kier alpha value is -6.44. The summed E-state index contributed by atoms with van der Waals surface area (Å²) in [4.78, 5) is 42.4. The average molecular weight is 875 g/mol. The molecule has 0 bridgehead atoms. The lowest BCUT2D eigenvalue weighted by Gasteiger charge is -2.38. The van der Waals surface area contributed by atoms with Gasteiger partial charge in [0, 0.05) is 12.5 Å². The Balaban J connectivity index is 0.954. The molecule has 0 aliphatic carbocycles. The van der Waals surface area contributed by atoms with Crippen LogP contribution in [0, 0.1) is 0 Å². The van der Waals surface area contributed by atoms with Gasteiger partial charge in [0.05, 0.1) is 42.9 Å². The Bertz CT molecular complexity index is 2480. The largest absolute Gasteiger partial charge is 0.497 e. The third-order valence-corrected chi connectivity index (χ3v) is 12.8. The summed E-state index contributed by atoms with van der Waals surface area (Å²) >= 11 is 8.35. The Morgan fingerprint density at radius 3 is 2.02 bits per heavy atom. The Labute approximate surface area is 367 Å². The molecule has 6 aromatic rings. The smallest absolute Gasteiger partial charge is 0.339 e. The van der Waals surface area contributed by atoms with Gasteiger partial charge in [0.25, 0.3) is 0 Å². The van der Waals surface area contributed by atoms with Gasteiger partial charge in [-0.2, -0.15) is 0 Å². The molecular weight excluding hydrogens is 832 g/mol. The molecule has 12 nitrogen and oxygen atoms in total. The van der Waals surface area contributed by atoms with Crippen LogP contribution in [-0.4, -0.2) is 60.1 Å². The fourth-order valence-corrected chi connectivity index (χ4v) is 9.40. The van der Waals surface area contributed by atoms with Crippen LogP contribution in [0.25, 0.3) is 0 Å². The molecule has 0 unspecified atom stereocenters. The van der Waals surface area contributed by atoms with Crippen LogP contribution in [0.5, 0.6) is 23.0 Å². The monoisotopic (exact) mass is 874 g/mol. The predicted octanol–water partition coefficient (Wildman–Crippen LogP) is 9.12. The number of esters is 2. The van der Waals surface area contributed by atoms with Gasteiger partial charge < -0.3 is 37.8 Å². The highest BCUT2D eigenvalue weighted by molar-refractivity contribution is 8.01. The van der Waals surface area contributed by atoms with Crippen LogP contribution in [-0.2, 0) is 43.4 Å². The van der Waals surface area contributed by atoms with E-state index in [1.807, 2.05) is 116 Å². The van der Waals surface area contributed by atoms with E-state index in [9.17, 15) is 14.4 Å². The highest BCUT2D eigenvalue weighted by Gasteiger charge is 2.63. The van der Waals surface area contributed by atoms with Gasteiger partial charge in [0.1, 0.15) is 41.2 Å². The molecule has 0 radical (unpaired) electrons. The van der Waals surface area contributed by atoms with E-state index < -0.39 is 28.8 Å². The van der Waals surface area contributed by atoms with Gasteiger partial charge in [0.2, 0.25) is 5.91 Å². The van der Waals surface area contributed by atoms with Crippen LogP contribution in [0.2, 0.25) is 5.02 Å². The van der Waals surface area contributed by atoms with Crippen molar-refractivity contribution in [3.8, 4) is 23.0 Å². The predicted molar refractivity (Wildman–Crippen MR) is 231 cm³/mol. The lowest BCUT2D eigenvalue weighted by atomic mass is 9.92. The van der Waals surface area contributed by atoms with E-state index in [1.165, 1.54) is 17.8 Å². The van der Waals surface area contributed by atoms with Gasteiger partial charge in [-0.3, -0.25) is 4.79 Å². The minimum atomic E-state index is -0.989. The fourth-order valence-electron chi connectivity index (χ4n) is 7.42. The van der Waals surface area contributed by atoms with Crippen molar-refractivity contribution in [1.29, 1.82) is 0 Å². The number of nitrogens with zero attached hydrogens (tertiary/aromatic N) is 2. The average Bonchev–Trinajstić information content (AvgIpc) is 3.88. The highest BCUT2D eigenvalue weighted by atomic mass is 35.5. The maximum atomic E-state index is 14.3. The molecule has 1 aromatic heterocycles. The van der Waals surface area contributed by atoms with Gasteiger partial charge in [-0.1, -0.05) is 102 Å². The highest BCUT2D eigenvalue weighted by Crippen LogP contribution is 2.56. The number of aromatic nitrogens is 1. The molecule has 3 heterocycles. The van der Waals surface area contributed by atoms with Crippen LogP contribution >= 0.6 is 23.4 Å². The topological polar surface area (TPSA) is 136 Å². The number of rotatable bonds is 17. The van der Waals surface area contributed by atoms with Crippen molar-refractivity contribution in [2.45, 2.75) is 55.2 Å². The third-order valence-electron chi connectivity index (χ3n) is 10.8. The van der Waals surface area contributed by atoms with E-state index in [0.717, 1.165) is 28.0 Å². The molecule has 2 fully saturated rings. The first-order chi connectivity index (χ1) is 30.1. The van der Waals surface area contributed by atoms with Crippen molar-refractivity contribution in [3.05, 3.63) is 172 Å². The summed E-state index contributed by atoms with van der Waals surface area (Å²) in [5.41, 5.74) is 3.89. The summed E-state index contributed by atoms with van der Waals surface area (Å²) in [6.45, 7) is 2.15. The zero-order valence-corrected chi connectivity index (χ0v) is 35.7. The molecule has 2 aliphatic rings. The molecule has 8 rings (SSSR count). The number of hydrogen-bond acceptors (Lipinski definition) is 12. The minimum Gasteiger partial charge on any atom is -0.497 e. The normalized spacial score (nSPS) is 17.8. The molecule has 0 spiro atoms. The SMILES string of the molecule is COc1ccc(COc2ccc(C(=O)OCCc3cc([C@]4(C)S[C@@H]5CC(=O)N5[C@H]4C(=O)OC(c4ccccc4)c4ccccc4)no3)c(Cl)c2OCc2ccc(OC)cc2)cc1. The number of benzene rings is 5. The zero-order valence-electron chi connectivity index (χ0n) is 34.2. The number of carbonyl (C=O) groups is 3. The number of halogens is 1. The summed E-state index contributed by atoms with van der Waals surface area (Å²) in [5, 5.41) is 4.18. The van der Waals surface area contributed by atoms with Crippen LogP contribution in [0.15, 0.2) is 132 Å². The Morgan fingerprint density at radius 1 is 0.839 bits per heavy atom. The zero-order chi connectivity index (χ0) is 43.2. The number of amides is 1. The first kappa shape index (κ1) is 42.3. The number of methoxy groups -OCH3 is 2. The molecule has 62 heavy (non-hydrogen) atoms. The molecule has 318 valence electrons. The van der Waals surface area contributed by atoms with Crippen molar-refractivity contribution in [1.82, 2.24) is 10.1 Å². The second-order valence-corrected chi connectivity index (χ2v) is 16.8. The summed E-state index contributed by atoms with van der Waals surface area (Å²) in [6.07, 6.45) is -0.213. The number of thioether (sulfide) groups is 1. The van der Waals surface area contributed by atoms with Crippen LogP contribution < -0.4 is 18.9 Å². The van der Waals surface area contributed by atoms with Crippen LogP contribution in [0.1, 0.15) is 63.5 Å². The number of ether oxygens (including phenoxy) is 6. The quantitative estimate of drug-likeness (QED) is 0.0639. The molecule has 1 amide bonds. The van der Waals surface area contributed by atoms with Crippen LogP contribution in [0.4, 0.5) is 0 Å². The van der Waals surface area contributed by atoms with Gasteiger partial charge in [-0.25, -0.2) is 9.59 Å². The van der Waals surface area contributed by atoms with Gasteiger partial charge in [0.15, 0.2) is 23.6 Å².